The van der Waals surface area contributed by atoms with Gasteiger partial charge in [0.25, 0.3) is 0 Å². The molecule has 1 fully saturated rings. The van der Waals surface area contributed by atoms with Crippen LogP contribution in [0.3, 0.4) is 0 Å². The van der Waals surface area contributed by atoms with Crippen molar-refractivity contribution in [1.29, 1.82) is 0 Å². The Hall–Kier alpha value is -1.91. The predicted octanol–water partition coefficient (Wildman–Crippen LogP) is 4.25. The van der Waals surface area contributed by atoms with E-state index in [1.54, 1.807) is 7.11 Å². The largest absolute Gasteiger partial charge is 0.497 e. The number of methoxy groups -OCH3 is 1. The van der Waals surface area contributed by atoms with Crippen LogP contribution in [0.15, 0.2) is 18.2 Å². The molecule has 2 N–H and O–H groups in total. The van der Waals surface area contributed by atoms with Crippen molar-refractivity contribution in [2.75, 3.05) is 12.4 Å². The molecule has 0 spiro atoms. The van der Waals surface area contributed by atoms with Gasteiger partial charge in [-0.05, 0) is 65.0 Å². The van der Waals surface area contributed by atoms with Gasteiger partial charge in [0.2, 0.25) is 0 Å². The molecule has 0 heterocycles. The zero-order valence-corrected chi connectivity index (χ0v) is 15.4. The number of hydrogen-bond acceptors (Lipinski definition) is 4. The standard InChI is InChI=1S/C19H30N2O3/c1-13-9-10-16(23-5)12-17(13)20-14-7-6-8-15(11-14)21-18(22)24-19(2,3)4/h9-10,12,14-15,20H,6-8,11H2,1-5H3,(H,21,22). The summed E-state index contributed by atoms with van der Waals surface area (Å²) >= 11 is 0. The van der Waals surface area contributed by atoms with E-state index in [-0.39, 0.29) is 12.1 Å². The second kappa shape index (κ2) is 7.77. The topological polar surface area (TPSA) is 59.6 Å². The van der Waals surface area contributed by atoms with Crippen molar-refractivity contribution in [2.45, 2.75) is 71.1 Å². The van der Waals surface area contributed by atoms with E-state index in [0.717, 1.165) is 37.1 Å². The number of ether oxygens (including phenoxy) is 2. The molecule has 5 heteroatoms. The van der Waals surface area contributed by atoms with Crippen molar-refractivity contribution in [3.8, 4) is 5.75 Å². The van der Waals surface area contributed by atoms with Crippen LogP contribution in [-0.4, -0.2) is 30.9 Å². The van der Waals surface area contributed by atoms with Gasteiger partial charge in [-0.15, -0.1) is 0 Å². The summed E-state index contributed by atoms with van der Waals surface area (Å²) in [7, 11) is 1.68. The minimum absolute atomic E-state index is 0.150. The average Bonchev–Trinajstić information content (AvgIpc) is 2.48. The number of rotatable bonds is 4. The van der Waals surface area contributed by atoms with E-state index in [2.05, 4.69) is 23.6 Å². The van der Waals surface area contributed by atoms with Gasteiger partial charge in [-0.1, -0.05) is 6.07 Å². The number of hydrogen-bond donors (Lipinski definition) is 2. The van der Waals surface area contributed by atoms with Gasteiger partial charge in [-0.3, -0.25) is 0 Å². The number of carbonyl (C=O) groups is 1. The number of alkyl carbamates (subject to hydrolysis) is 1. The molecule has 2 atom stereocenters. The summed E-state index contributed by atoms with van der Waals surface area (Å²) in [6, 6.07) is 6.54. The maximum Gasteiger partial charge on any atom is 0.407 e. The summed E-state index contributed by atoms with van der Waals surface area (Å²) in [4.78, 5) is 12.0. The Labute approximate surface area is 145 Å². The van der Waals surface area contributed by atoms with Crippen LogP contribution in [0.4, 0.5) is 10.5 Å². The first-order chi connectivity index (χ1) is 11.3. The normalized spacial score (nSPS) is 21.0. The van der Waals surface area contributed by atoms with E-state index in [9.17, 15) is 4.79 Å². The third-order valence-corrected chi connectivity index (χ3v) is 4.20. The number of carbonyl (C=O) groups excluding carboxylic acids is 1. The maximum absolute atomic E-state index is 12.0. The molecule has 1 aromatic carbocycles. The molecular weight excluding hydrogens is 304 g/mol. The zero-order valence-electron chi connectivity index (χ0n) is 15.4. The second-order valence-corrected chi connectivity index (χ2v) is 7.53. The van der Waals surface area contributed by atoms with Crippen LogP contribution >= 0.6 is 0 Å². The fraction of sp³-hybridized carbons (Fsp3) is 0.632. The van der Waals surface area contributed by atoms with Gasteiger partial charge >= 0.3 is 6.09 Å². The van der Waals surface area contributed by atoms with Gasteiger partial charge in [-0.2, -0.15) is 0 Å². The third kappa shape index (κ3) is 5.62. The highest BCUT2D eigenvalue weighted by Gasteiger charge is 2.25. The first-order valence-corrected chi connectivity index (χ1v) is 8.67. The summed E-state index contributed by atoms with van der Waals surface area (Å²) in [6.07, 6.45) is 3.75. The minimum Gasteiger partial charge on any atom is -0.497 e. The van der Waals surface area contributed by atoms with Crippen LogP contribution in [0.1, 0.15) is 52.0 Å². The van der Waals surface area contributed by atoms with Crippen LogP contribution in [-0.2, 0) is 4.74 Å². The molecule has 1 aromatic rings. The fourth-order valence-corrected chi connectivity index (χ4v) is 3.03. The Morgan fingerprint density at radius 2 is 1.92 bits per heavy atom. The molecule has 0 aliphatic heterocycles. The Morgan fingerprint density at radius 3 is 2.58 bits per heavy atom. The Bertz CT molecular complexity index is 566. The smallest absolute Gasteiger partial charge is 0.407 e. The summed E-state index contributed by atoms with van der Waals surface area (Å²) in [5.74, 6) is 0.849. The molecule has 0 aromatic heterocycles. The number of aryl methyl sites for hydroxylation is 1. The van der Waals surface area contributed by atoms with E-state index in [0.29, 0.717) is 6.04 Å². The van der Waals surface area contributed by atoms with Crippen molar-refractivity contribution < 1.29 is 14.3 Å². The highest BCUT2D eigenvalue weighted by Crippen LogP contribution is 2.27. The van der Waals surface area contributed by atoms with Gasteiger partial charge < -0.3 is 20.1 Å². The first-order valence-electron chi connectivity index (χ1n) is 8.67. The molecule has 1 saturated carbocycles. The lowest BCUT2D eigenvalue weighted by Gasteiger charge is -2.32. The van der Waals surface area contributed by atoms with Crippen LogP contribution in [0.25, 0.3) is 0 Å². The molecule has 5 nitrogen and oxygen atoms in total. The van der Waals surface area contributed by atoms with E-state index >= 15 is 0 Å². The number of amides is 1. The Kier molecular flexibility index (Phi) is 5.97. The Balaban J connectivity index is 1.92. The van der Waals surface area contributed by atoms with Gasteiger partial charge in [-0.25, -0.2) is 4.79 Å². The Morgan fingerprint density at radius 1 is 1.21 bits per heavy atom. The highest BCUT2D eigenvalue weighted by atomic mass is 16.6. The molecule has 134 valence electrons. The maximum atomic E-state index is 12.0. The average molecular weight is 334 g/mol. The summed E-state index contributed by atoms with van der Waals surface area (Å²) in [6.45, 7) is 7.72. The lowest BCUT2D eigenvalue weighted by Crippen LogP contribution is -2.43. The SMILES string of the molecule is COc1ccc(C)c(NC2CCCC(NC(=O)OC(C)(C)C)C2)c1. The monoisotopic (exact) mass is 334 g/mol. The molecule has 24 heavy (non-hydrogen) atoms. The molecule has 1 amide bonds. The van der Waals surface area contributed by atoms with Crippen molar-refractivity contribution in [2.24, 2.45) is 0 Å². The highest BCUT2D eigenvalue weighted by molar-refractivity contribution is 5.68. The van der Waals surface area contributed by atoms with Crippen LogP contribution in [0, 0.1) is 6.92 Å². The number of nitrogens with one attached hydrogen (secondary N) is 2. The summed E-state index contributed by atoms with van der Waals surface area (Å²) in [5, 5.41) is 6.61. The molecule has 2 rings (SSSR count). The van der Waals surface area contributed by atoms with Crippen molar-refractivity contribution in [3.63, 3.8) is 0 Å². The molecular formula is C19H30N2O3. The minimum atomic E-state index is -0.464. The van der Waals surface area contributed by atoms with Gasteiger partial charge in [0.05, 0.1) is 7.11 Å². The second-order valence-electron chi connectivity index (χ2n) is 7.53. The third-order valence-electron chi connectivity index (χ3n) is 4.20. The van der Waals surface area contributed by atoms with E-state index < -0.39 is 5.60 Å². The predicted molar refractivity (Wildman–Crippen MR) is 96.8 cm³/mol. The number of benzene rings is 1. The van der Waals surface area contributed by atoms with Gasteiger partial charge in [0, 0.05) is 23.8 Å². The zero-order chi connectivity index (χ0) is 17.7. The molecule has 1 aliphatic rings. The van der Waals surface area contributed by atoms with E-state index in [1.165, 1.54) is 5.56 Å². The summed E-state index contributed by atoms with van der Waals surface area (Å²) in [5.41, 5.74) is 1.82. The van der Waals surface area contributed by atoms with Crippen LogP contribution in [0.2, 0.25) is 0 Å². The van der Waals surface area contributed by atoms with Crippen molar-refractivity contribution >= 4 is 11.8 Å². The van der Waals surface area contributed by atoms with E-state index in [1.807, 2.05) is 32.9 Å². The van der Waals surface area contributed by atoms with E-state index in [4.69, 9.17) is 9.47 Å². The molecule has 1 aliphatic carbocycles. The quantitative estimate of drug-likeness (QED) is 0.864. The summed E-state index contributed by atoms with van der Waals surface area (Å²) < 4.78 is 10.7. The van der Waals surface area contributed by atoms with Crippen LogP contribution in [0.5, 0.6) is 5.75 Å². The molecule has 0 radical (unpaired) electrons. The van der Waals surface area contributed by atoms with Crippen LogP contribution < -0.4 is 15.4 Å². The molecule has 2 unspecified atom stereocenters. The fourth-order valence-electron chi connectivity index (χ4n) is 3.03. The molecule has 0 bridgehead atoms. The van der Waals surface area contributed by atoms with Crippen molar-refractivity contribution in [1.82, 2.24) is 5.32 Å². The first kappa shape index (κ1) is 18.4. The lowest BCUT2D eigenvalue weighted by atomic mass is 9.90. The number of anilines is 1. The van der Waals surface area contributed by atoms with Crippen molar-refractivity contribution in [3.05, 3.63) is 23.8 Å². The van der Waals surface area contributed by atoms with Gasteiger partial charge in [0.15, 0.2) is 0 Å². The van der Waals surface area contributed by atoms with Gasteiger partial charge in [0.1, 0.15) is 11.4 Å². The lowest BCUT2D eigenvalue weighted by molar-refractivity contribution is 0.0492. The molecule has 0 saturated heterocycles.